The molecule has 0 bridgehead atoms. The predicted molar refractivity (Wildman–Crippen MR) is 419 cm³/mol. The number of hydrogen-bond acceptors (Lipinski definition) is 8. The van der Waals surface area contributed by atoms with E-state index < -0.39 is 49.5 Å². The van der Waals surface area contributed by atoms with Crippen molar-refractivity contribution in [2.75, 3.05) is 13.2 Å². The number of nitrogens with one attached hydrogen (secondary N) is 1. The minimum absolute atomic E-state index is 0.133. The molecule has 570 valence electrons. The van der Waals surface area contributed by atoms with Gasteiger partial charge in [-0.1, -0.05) is 434 Å². The monoisotopic (exact) mass is 1360 g/mol. The zero-order chi connectivity index (χ0) is 69.9. The summed E-state index contributed by atoms with van der Waals surface area (Å²) in [6.07, 6.45) is 101. The summed E-state index contributed by atoms with van der Waals surface area (Å²) < 4.78 is 11.4. The van der Waals surface area contributed by atoms with Crippen LogP contribution < -0.4 is 5.32 Å². The molecule has 9 nitrogen and oxygen atoms in total. The van der Waals surface area contributed by atoms with Gasteiger partial charge in [0.05, 0.1) is 25.4 Å². The van der Waals surface area contributed by atoms with Crippen molar-refractivity contribution in [3.05, 3.63) is 60.8 Å². The zero-order valence-corrected chi connectivity index (χ0v) is 64.4. The van der Waals surface area contributed by atoms with Crippen molar-refractivity contribution >= 4 is 5.91 Å². The Morgan fingerprint density at radius 3 is 0.948 bits per heavy atom. The molecule has 1 aliphatic heterocycles. The van der Waals surface area contributed by atoms with Crippen molar-refractivity contribution in [3.63, 3.8) is 0 Å². The molecular formula is C88H165NO8. The van der Waals surface area contributed by atoms with Gasteiger partial charge in [-0.3, -0.25) is 4.79 Å². The maximum Gasteiger partial charge on any atom is 0.220 e. The van der Waals surface area contributed by atoms with Crippen LogP contribution in [-0.4, -0.2) is 87.5 Å². The summed E-state index contributed by atoms with van der Waals surface area (Å²) in [6.45, 7) is 3.79. The Morgan fingerprint density at radius 2 is 0.639 bits per heavy atom. The van der Waals surface area contributed by atoms with Gasteiger partial charge in [-0.15, -0.1) is 0 Å². The summed E-state index contributed by atoms with van der Waals surface area (Å²) in [4.78, 5) is 13.2. The van der Waals surface area contributed by atoms with Crippen LogP contribution in [-0.2, 0) is 14.3 Å². The summed E-state index contributed by atoms with van der Waals surface area (Å²) in [7, 11) is 0. The van der Waals surface area contributed by atoms with Crippen LogP contribution in [0.2, 0.25) is 0 Å². The fourth-order valence-electron chi connectivity index (χ4n) is 14.0. The average molecular weight is 1370 g/mol. The molecule has 0 saturated carbocycles. The van der Waals surface area contributed by atoms with Crippen molar-refractivity contribution < 1.29 is 39.8 Å². The Hall–Kier alpha value is -2.11. The SMILES string of the molecule is CC/C=C\C/C=C\C/C=C\C/C=C\C/C=C\CCCCCCCCCCCCCCCCCCCCCCCCCCCC(=O)NC(COC1OC(CO)C(O)C(O)C1O)C(O)CCCCCCCCCCCCCCCCCCCCCCCCCCCCCCCCCCC. The average Bonchev–Trinajstić information content (AvgIpc) is 0.854. The molecule has 97 heavy (non-hydrogen) atoms. The molecule has 7 unspecified atom stereocenters. The Balaban J connectivity index is 2.01. The fourth-order valence-corrected chi connectivity index (χ4v) is 14.0. The van der Waals surface area contributed by atoms with Crippen LogP contribution in [0.1, 0.15) is 438 Å². The molecule has 9 heteroatoms. The van der Waals surface area contributed by atoms with E-state index in [1.165, 1.54) is 340 Å². The fraction of sp³-hybridized carbons (Fsp3) is 0.875. The van der Waals surface area contributed by atoms with Gasteiger partial charge in [0.25, 0.3) is 0 Å². The van der Waals surface area contributed by atoms with E-state index >= 15 is 0 Å². The molecule has 1 rings (SSSR count). The first-order valence-electron chi connectivity index (χ1n) is 43.0. The molecule has 0 spiro atoms. The number of ether oxygens (including phenoxy) is 2. The van der Waals surface area contributed by atoms with Gasteiger partial charge >= 0.3 is 0 Å². The first-order chi connectivity index (χ1) is 47.8. The number of amides is 1. The summed E-state index contributed by atoms with van der Waals surface area (Å²) >= 11 is 0. The minimum atomic E-state index is -1.55. The van der Waals surface area contributed by atoms with Crippen molar-refractivity contribution in [1.82, 2.24) is 5.32 Å². The highest BCUT2D eigenvalue weighted by molar-refractivity contribution is 5.76. The number of unbranched alkanes of at least 4 members (excludes halogenated alkanes) is 57. The molecule has 0 aromatic heterocycles. The number of carbonyl (C=O) groups excluding carboxylic acids is 1. The lowest BCUT2D eigenvalue weighted by atomic mass is 9.99. The number of carbonyl (C=O) groups is 1. The summed E-state index contributed by atoms with van der Waals surface area (Å²) in [5, 5.41) is 55.2. The van der Waals surface area contributed by atoms with Gasteiger partial charge < -0.3 is 40.3 Å². The second kappa shape index (κ2) is 76.5. The Bertz CT molecular complexity index is 1730. The molecule has 0 aromatic carbocycles. The molecule has 0 aliphatic carbocycles. The largest absolute Gasteiger partial charge is 0.394 e. The number of hydrogen-bond donors (Lipinski definition) is 6. The standard InChI is InChI=1S/C88H165NO8/c1-3-5-7-9-11-13-15-17-19-21-23-25-27-29-31-33-35-37-38-39-40-41-42-43-44-46-48-50-52-54-56-58-60-62-64-66-68-70-72-74-76-78-84(92)89-81(80-96-88-87(95)86(94)85(93)83(79-90)97-88)82(91)77-75-73-71-69-67-65-63-61-59-57-55-53-51-49-47-45-36-34-32-30-28-26-24-22-20-18-16-14-12-10-8-6-4-2/h5,7,11,13,17,19,23,25,29,31,81-83,85-88,90-91,93-95H,3-4,6,8-10,12,14-16,18,20-22,24,26-28,30,32-80H2,1-2H3,(H,89,92)/b7-5-,13-11-,19-17-,25-23-,31-29-. The van der Waals surface area contributed by atoms with Crippen LogP contribution in [0, 0.1) is 0 Å². The molecule has 0 aromatic rings. The highest BCUT2D eigenvalue weighted by Gasteiger charge is 2.44. The van der Waals surface area contributed by atoms with Gasteiger partial charge in [-0.2, -0.15) is 0 Å². The summed E-state index contributed by atoms with van der Waals surface area (Å²) in [5.41, 5.74) is 0. The second-order valence-corrected chi connectivity index (χ2v) is 30.0. The summed E-state index contributed by atoms with van der Waals surface area (Å²) in [6, 6.07) is -0.721. The topological polar surface area (TPSA) is 149 Å². The molecule has 1 amide bonds. The minimum Gasteiger partial charge on any atom is -0.394 e. The lowest BCUT2D eigenvalue weighted by molar-refractivity contribution is -0.302. The van der Waals surface area contributed by atoms with Crippen LogP contribution in [0.15, 0.2) is 60.8 Å². The lowest BCUT2D eigenvalue weighted by Gasteiger charge is -2.40. The van der Waals surface area contributed by atoms with E-state index in [-0.39, 0.29) is 12.5 Å². The lowest BCUT2D eigenvalue weighted by Crippen LogP contribution is -2.60. The normalized spacial score (nSPS) is 17.6. The number of aliphatic hydroxyl groups excluding tert-OH is 5. The molecule has 1 heterocycles. The Morgan fingerprint density at radius 1 is 0.361 bits per heavy atom. The molecule has 1 aliphatic rings. The van der Waals surface area contributed by atoms with E-state index in [1.54, 1.807) is 0 Å². The summed E-state index contributed by atoms with van der Waals surface area (Å²) in [5.74, 6) is -0.134. The second-order valence-electron chi connectivity index (χ2n) is 30.0. The Labute approximate surface area is 602 Å². The molecular weight excluding hydrogens is 1200 g/mol. The maximum atomic E-state index is 13.2. The van der Waals surface area contributed by atoms with E-state index in [1.807, 2.05) is 0 Å². The first-order valence-corrected chi connectivity index (χ1v) is 43.0. The van der Waals surface area contributed by atoms with Gasteiger partial charge in [0.1, 0.15) is 24.4 Å². The van der Waals surface area contributed by atoms with Crippen molar-refractivity contribution in [2.24, 2.45) is 0 Å². The number of aliphatic hydroxyl groups is 5. The highest BCUT2D eigenvalue weighted by Crippen LogP contribution is 2.25. The van der Waals surface area contributed by atoms with Crippen LogP contribution in [0.25, 0.3) is 0 Å². The highest BCUT2D eigenvalue weighted by atomic mass is 16.7. The third kappa shape index (κ3) is 64.5. The van der Waals surface area contributed by atoms with Crippen molar-refractivity contribution in [3.8, 4) is 0 Å². The van der Waals surface area contributed by atoms with E-state index in [0.29, 0.717) is 12.8 Å². The van der Waals surface area contributed by atoms with Crippen LogP contribution in [0.3, 0.4) is 0 Å². The van der Waals surface area contributed by atoms with Crippen LogP contribution in [0.4, 0.5) is 0 Å². The third-order valence-corrected chi connectivity index (χ3v) is 20.6. The van der Waals surface area contributed by atoms with Gasteiger partial charge in [0.15, 0.2) is 6.29 Å². The number of rotatable bonds is 77. The van der Waals surface area contributed by atoms with Gasteiger partial charge in [0.2, 0.25) is 5.91 Å². The smallest absolute Gasteiger partial charge is 0.220 e. The molecule has 6 N–H and O–H groups in total. The molecule has 7 atom stereocenters. The van der Waals surface area contributed by atoms with Crippen LogP contribution >= 0.6 is 0 Å². The van der Waals surface area contributed by atoms with Gasteiger partial charge in [-0.05, 0) is 57.8 Å². The van der Waals surface area contributed by atoms with Crippen molar-refractivity contribution in [1.29, 1.82) is 0 Å². The molecule has 0 radical (unpaired) electrons. The third-order valence-electron chi connectivity index (χ3n) is 20.6. The quantitative estimate of drug-likeness (QED) is 0.0261. The van der Waals surface area contributed by atoms with Gasteiger partial charge in [0, 0.05) is 6.42 Å². The predicted octanol–water partition coefficient (Wildman–Crippen LogP) is 25.2. The molecule has 1 fully saturated rings. The zero-order valence-electron chi connectivity index (χ0n) is 64.4. The Kier molecular flexibility index (Phi) is 73.3. The molecule has 1 saturated heterocycles. The van der Waals surface area contributed by atoms with E-state index in [4.69, 9.17) is 9.47 Å². The van der Waals surface area contributed by atoms with Gasteiger partial charge in [-0.25, -0.2) is 0 Å². The van der Waals surface area contributed by atoms with E-state index in [9.17, 15) is 30.3 Å². The van der Waals surface area contributed by atoms with E-state index in [2.05, 4.69) is 79.9 Å². The van der Waals surface area contributed by atoms with Crippen molar-refractivity contribution in [2.45, 2.75) is 480 Å². The number of allylic oxidation sites excluding steroid dienone is 10. The maximum absolute atomic E-state index is 13.2. The van der Waals surface area contributed by atoms with E-state index in [0.717, 1.165) is 70.6 Å². The van der Waals surface area contributed by atoms with Crippen LogP contribution in [0.5, 0.6) is 0 Å². The first kappa shape index (κ1) is 92.9.